The first kappa shape index (κ1) is 16.7. The second kappa shape index (κ2) is 7.14. The molecule has 3 rings (SSSR count). The van der Waals surface area contributed by atoms with Gasteiger partial charge in [0.15, 0.2) is 5.16 Å². The number of aromatic nitrogens is 2. The molecule has 0 N–H and O–H groups in total. The minimum absolute atomic E-state index is 0.124. The van der Waals surface area contributed by atoms with E-state index in [9.17, 15) is 4.79 Å². The van der Waals surface area contributed by atoms with Crippen molar-refractivity contribution in [3.05, 3.63) is 51.9 Å². The van der Waals surface area contributed by atoms with Gasteiger partial charge in [0.2, 0.25) is 0 Å². The number of thioether (sulfide) groups is 2. The quantitative estimate of drug-likeness (QED) is 0.604. The molecule has 0 amide bonds. The summed E-state index contributed by atoms with van der Waals surface area (Å²) in [5.74, 6) is 1.55. The molecule has 2 aromatic rings. The van der Waals surface area contributed by atoms with Crippen molar-refractivity contribution in [3.63, 3.8) is 0 Å². The van der Waals surface area contributed by atoms with Crippen LogP contribution in [0.25, 0.3) is 0 Å². The molecule has 23 heavy (non-hydrogen) atoms. The number of nitrogens with zero attached hydrogens (tertiary/aromatic N) is 2. The van der Waals surface area contributed by atoms with Crippen LogP contribution in [-0.4, -0.2) is 20.6 Å². The van der Waals surface area contributed by atoms with Gasteiger partial charge in [-0.3, -0.25) is 9.36 Å². The maximum absolute atomic E-state index is 13.0. The molecule has 0 saturated carbocycles. The van der Waals surface area contributed by atoms with Crippen LogP contribution >= 0.6 is 23.5 Å². The summed E-state index contributed by atoms with van der Waals surface area (Å²) < 4.78 is 1.85. The Morgan fingerprint density at radius 1 is 1.35 bits per heavy atom. The summed E-state index contributed by atoms with van der Waals surface area (Å²) in [6, 6.07) is 10.1. The Labute approximate surface area is 145 Å². The van der Waals surface area contributed by atoms with Gasteiger partial charge in [-0.05, 0) is 11.5 Å². The minimum atomic E-state index is 0.124. The van der Waals surface area contributed by atoms with Crippen LogP contribution in [-0.2, 0) is 13.0 Å². The Morgan fingerprint density at radius 2 is 2.09 bits per heavy atom. The van der Waals surface area contributed by atoms with E-state index in [2.05, 4.69) is 32.9 Å². The molecule has 122 valence electrons. The van der Waals surface area contributed by atoms with Gasteiger partial charge in [-0.2, -0.15) is 0 Å². The zero-order valence-corrected chi connectivity index (χ0v) is 15.4. The lowest BCUT2D eigenvalue weighted by atomic mass is 10.2. The Bertz CT molecular complexity index is 741. The molecule has 0 bridgehead atoms. The van der Waals surface area contributed by atoms with Crippen molar-refractivity contribution in [2.75, 3.05) is 5.75 Å². The third-order valence-corrected chi connectivity index (χ3v) is 6.31. The van der Waals surface area contributed by atoms with Crippen molar-refractivity contribution in [1.82, 2.24) is 9.55 Å². The molecule has 0 saturated heterocycles. The molecule has 0 radical (unpaired) electrons. The summed E-state index contributed by atoms with van der Waals surface area (Å²) in [6.45, 7) is 7.14. The van der Waals surface area contributed by atoms with Gasteiger partial charge in [0.1, 0.15) is 0 Å². The summed E-state index contributed by atoms with van der Waals surface area (Å²) in [5.41, 5.74) is 2.25. The lowest BCUT2D eigenvalue weighted by Crippen LogP contribution is -2.26. The minimum Gasteiger partial charge on any atom is -0.282 e. The summed E-state index contributed by atoms with van der Waals surface area (Å²) in [7, 11) is 0. The van der Waals surface area contributed by atoms with Crippen molar-refractivity contribution in [2.24, 2.45) is 5.92 Å². The van der Waals surface area contributed by atoms with E-state index in [1.54, 1.807) is 23.5 Å². The Morgan fingerprint density at radius 3 is 2.78 bits per heavy atom. The Kier molecular flexibility index (Phi) is 5.17. The highest BCUT2D eigenvalue weighted by molar-refractivity contribution is 8.00. The number of fused-ring (bicyclic) bond motifs is 1. The van der Waals surface area contributed by atoms with E-state index >= 15 is 0 Å². The van der Waals surface area contributed by atoms with E-state index in [4.69, 9.17) is 4.98 Å². The SMILES string of the molecule is CC(C)CSc1nc2c(c(=O)n1Cc1ccccc1)SC(C)C2. The highest BCUT2D eigenvalue weighted by Crippen LogP contribution is 2.34. The van der Waals surface area contributed by atoms with E-state index in [1.807, 2.05) is 22.8 Å². The third-order valence-electron chi connectivity index (χ3n) is 3.69. The summed E-state index contributed by atoms with van der Waals surface area (Å²) in [4.78, 5) is 18.7. The number of hydrogen-bond acceptors (Lipinski definition) is 4. The van der Waals surface area contributed by atoms with Crippen molar-refractivity contribution < 1.29 is 0 Å². The van der Waals surface area contributed by atoms with Crippen LogP contribution in [0.3, 0.4) is 0 Å². The molecule has 1 atom stereocenters. The number of rotatable bonds is 5. The van der Waals surface area contributed by atoms with Gasteiger partial charge in [-0.25, -0.2) is 4.98 Å². The van der Waals surface area contributed by atoms with E-state index in [0.717, 1.165) is 33.5 Å². The van der Waals surface area contributed by atoms with Crippen LogP contribution in [0.4, 0.5) is 0 Å². The van der Waals surface area contributed by atoms with Crippen LogP contribution in [0, 0.1) is 5.92 Å². The smallest absolute Gasteiger partial charge is 0.268 e. The summed E-state index contributed by atoms with van der Waals surface area (Å²) >= 11 is 3.37. The average Bonchev–Trinajstić information content (AvgIpc) is 2.90. The van der Waals surface area contributed by atoms with Gasteiger partial charge < -0.3 is 0 Å². The molecular formula is C18H22N2OS2. The van der Waals surface area contributed by atoms with Gasteiger partial charge in [0.25, 0.3) is 5.56 Å². The average molecular weight is 347 g/mol. The first-order chi connectivity index (χ1) is 11.0. The highest BCUT2D eigenvalue weighted by atomic mass is 32.2. The molecule has 1 aliphatic rings. The molecule has 0 aliphatic carbocycles. The van der Waals surface area contributed by atoms with Crippen LogP contribution in [0.5, 0.6) is 0 Å². The largest absolute Gasteiger partial charge is 0.282 e. The molecular weight excluding hydrogens is 324 g/mol. The second-order valence-electron chi connectivity index (χ2n) is 6.38. The highest BCUT2D eigenvalue weighted by Gasteiger charge is 2.26. The number of benzene rings is 1. The van der Waals surface area contributed by atoms with E-state index in [1.165, 1.54) is 0 Å². The zero-order valence-electron chi connectivity index (χ0n) is 13.8. The fraction of sp³-hybridized carbons (Fsp3) is 0.444. The summed E-state index contributed by atoms with van der Waals surface area (Å²) in [6.07, 6.45) is 0.899. The fourth-order valence-electron chi connectivity index (χ4n) is 2.59. The van der Waals surface area contributed by atoms with Gasteiger partial charge in [0, 0.05) is 17.4 Å². The van der Waals surface area contributed by atoms with Gasteiger partial charge in [-0.15, -0.1) is 11.8 Å². The van der Waals surface area contributed by atoms with Crippen molar-refractivity contribution in [3.8, 4) is 0 Å². The fourth-order valence-corrected chi connectivity index (χ4v) is 4.67. The molecule has 0 fully saturated rings. The van der Waals surface area contributed by atoms with E-state index in [0.29, 0.717) is 17.7 Å². The predicted molar refractivity (Wildman–Crippen MR) is 98.6 cm³/mol. The monoisotopic (exact) mass is 346 g/mol. The van der Waals surface area contributed by atoms with Crippen molar-refractivity contribution in [2.45, 2.75) is 49.0 Å². The van der Waals surface area contributed by atoms with Crippen molar-refractivity contribution >= 4 is 23.5 Å². The topological polar surface area (TPSA) is 34.9 Å². The lowest BCUT2D eigenvalue weighted by Gasteiger charge is -2.14. The van der Waals surface area contributed by atoms with Crippen LogP contribution in [0.1, 0.15) is 32.0 Å². The maximum Gasteiger partial charge on any atom is 0.268 e. The van der Waals surface area contributed by atoms with E-state index in [-0.39, 0.29) is 5.56 Å². The Hall–Kier alpha value is -1.20. The molecule has 1 aliphatic heterocycles. The molecule has 5 heteroatoms. The molecule has 1 aromatic heterocycles. The predicted octanol–water partition coefficient (Wildman–Crippen LogP) is 4.08. The Balaban J connectivity index is 2.01. The zero-order chi connectivity index (χ0) is 16.4. The standard InChI is InChI=1S/C18H22N2OS2/c1-12(2)11-22-18-19-15-9-13(3)23-16(15)17(21)20(18)10-14-7-5-4-6-8-14/h4-8,12-13H,9-11H2,1-3H3. The van der Waals surface area contributed by atoms with Crippen LogP contribution in [0.15, 0.2) is 45.2 Å². The normalized spacial score (nSPS) is 16.8. The number of hydrogen-bond donors (Lipinski definition) is 0. The third kappa shape index (κ3) is 3.83. The van der Waals surface area contributed by atoms with Crippen molar-refractivity contribution in [1.29, 1.82) is 0 Å². The van der Waals surface area contributed by atoms with Gasteiger partial charge in [-0.1, -0.05) is 62.9 Å². The molecule has 0 spiro atoms. The molecule has 1 aromatic carbocycles. The second-order valence-corrected chi connectivity index (χ2v) is 8.82. The van der Waals surface area contributed by atoms with Crippen LogP contribution in [0.2, 0.25) is 0 Å². The first-order valence-electron chi connectivity index (χ1n) is 8.01. The molecule has 2 heterocycles. The maximum atomic E-state index is 13.0. The van der Waals surface area contributed by atoms with Gasteiger partial charge in [0.05, 0.1) is 17.1 Å². The molecule has 1 unspecified atom stereocenters. The first-order valence-corrected chi connectivity index (χ1v) is 9.88. The van der Waals surface area contributed by atoms with Gasteiger partial charge >= 0.3 is 0 Å². The summed E-state index contributed by atoms with van der Waals surface area (Å²) in [5, 5.41) is 1.31. The van der Waals surface area contributed by atoms with E-state index < -0.39 is 0 Å². The molecule has 3 nitrogen and oxygen atoms in total. The lowest BCUT2D eigenvalue weighted by molar-refractivity contribution is 0.612. The van der Waals surface area contributed by atoms with Crippen LogP contribution < -0.4 is 5.56 Å².